The molecule has 3 N–H and O–H groups in total. The summed E-state index contributed by atoms with van der Waals surface area (Å²) in [6.07, 6.45) is -3.30. The van der Waals surface area contributed by atoms with E-state index in [0.29, 0.717) is 36.3 Å². The number of carboxylic acid groups (broad SMARTS) is 1. The third-order valence-electron chi connectivity index (χ3n) is 6.31. The van der Waals surface area contributed by atoms with Crippen molar-refractivity contribution in [1.29, 1.82) is 0 Å². The second-order valence-corrected chi connectivity index (χ2v) is 8.91. The van der Waals surface area contributed by atoms with E-state index in [-0.39, 0.29) is 18.1 Å². The zero-order valence-electron chi connectivity index (χ0n) is 20.4. The average Bonchev–Trinajstić information content (AvgIpc) is 3.38. The Bertz CT molecular complexity index is 1340. The van der Waals surface area contributed by atoms with Crippen LogP contribution in [0.2, 0.25) is 0 Å². The number of carbonyl (C=O) groups excluding carboxylic acids is 2. The van der Waals surface area contributed by atoms with E-state index in [0.717, 1.165) is 23.3 Å². The van der Waals surface area contributed by atoms with Gasteiger partial charge in [0.15, 0.2) is 0 Å². The first-order valence-corrected chi connectivity index (χ1v) is 11.9. The number of hydrogen-bond donors (Lipinski definition) is 3. The van der Waals surface area contributed by atoms with E-state index in [4.69, 9.17) is 5.11 Å². The molecule has 0 saturated carbocycles. The standard InChI is InChI=1S/C27H25F3N4O4/c1-16-21(12-13-22(32-16)25(36)37)18-6-10-20(11-7-18)33-24(35)23-3-2-14-34(23)26(38)31-15-17-4-8-19(9-5-17)27(28,29)30/h4-13,23H,2-3,14-15H2,1H3,(H,31,38)(H,33,35)(H,36,37)/t23-/m1/s1. The zero-order valence-corrected chi connectivity index (χ0v) is 20.4. The SMILES string of the molecule is Cc1nc(C(=O)O)ccc1-c1ccc(NC(=O)[C@H]2CCCN2C(=O)NCc2ccc(C(F)(F)F)cc2)cc1. The van der Waals surface area contributed by atoms with Gasteiger partial charge in [-0.2, -0.15) is 13.2 Å². The molecule has 3 aromatic rings. The van der Waals surface area contributed by atoms with E-state index in [1.165, 1.54) is 23.1 Å². The molecule has 1 saturated heterocycles. The lowest BCUT2D eigenvalue weighted by atomic mass is 10.0. The molecular formula is C27H25F3N4O4. The number of aromatic carboxylic acids is 1. The molecule has 11 heteroatoms. The van der Waals surface area contributed by atoms with Gasteiger partial charge < -0.3 is 20.6 Å². The number of pyridine rings is 1. The number of aromatic nitrogens is 1. The molecule has 0 spiro atoms. The molecule has 1 fully saturated rings. The second-order valence-electron chi connectivity index (χ2n) is 8.91. The minimum atomic E-state index is -4.43. The Labute approximate surface area is 216 Å². The number of urea groups is 1. The number of likely N-dealkylation sites (tertiary alicyclic amines) is 1. The van der Waals surface area contributed by atoms with Crippen molar-refractivity contribution in [2.75, 3.05) is 11.9 Å². The Morgan fingerprint density at radius 1 is 1.03 bits per heavy atom. The summed E-state index contributed by atoms with van der Waals surface area (Å²) in [6.45, 7) is 2.13. The van der Waals surface area contributed by atoms with E-state index in [9.17, 15) is 27.6 Å². The third kappa shape index (κ3) is 6.10. The van der Waals surface area contributed by atoms with Gasteiger partial charge in [0.1, 0.15) is 11.7 Å². The molecular weight excluding hydrogens is 501 g/mol. The summed E-state index contributed by atoms with van der Waals surface area (Å²) in [5.74, 6) is -1.45. The van der Waals surface area contributed by atoms with Crippen molar-refractivity contribution in [1.82, 2.24) is 15.2 Å². The van der Waals surface area contributed by atoms with Crippen LogP contribution in [-0.2, 0) is 17.5 Å². The van der Waals surface area contributed by atoms with Crippen LogP contribution in [-0.4, -0.2) is 45.5 Å². The van der Waals surface area contributed by atoms with Gasteiger partial charge in [-0.1, -0.05) is 30.3 Å². The summed E-state index contributed by atoms with van der Waals surface area (Å²) in [4.78, 5) is 42.3. The molecule has 0 aliphatic carbocycles. The molecule has 0 radical (unpaired) electrons. The molecule has 1 atom stereocenters. The predicted octanol–water partition coefficient (Wildman–Crippen LogP) is 5.09. The van der Waals surface area contributed by atoms with Crippen molar-refractivity contribution < 1.29 is 32.7 Å². The fourth-order valence-electron chi connectivity index (χ4n) is 4.32. The van der Waals surface area contributed by atoms with E-state index in [2.05, 4.69) is 15.6 Å². The Morgan fingerprint density at radius 2 is 1.71 bits per heavy atom. The van der Waals surface area contributed by atoms with Gasteiger partial charge in [0.05, 0.1) is 5.56 Å². The first kappa shape index (κ1) is 26.6. The lowest BCUT2D eigenvalue weighted by Crippen LogP contribution is -2.47. The lowest BCUT2D eigenvalue weighted by molar-refractivity contribution is -0.137. The topological polar surface area (TPSA) is 112 Å². The fourth-order valence-corrected chi connectivity index (χ4v) is 4.32. The minimum absolute atomic E-state index is 0.0327. The van der Waals surface area contributed by atoms with Gasteiger partial charge in [-0.15, -0.1) is 0 Å². The maximum Gasteiger partial charge on any atom is 0.416 e. The first-order valence-electron chi connectivity index (χ1n) is 11.9. The van der Waals surface area contributed by atoms with Gasteiger partial charge in [0.2, 0.25) is 5.91 Å². The highest BCUT2D eigenvalue weighted by atomic mass is 19.4. The van der Waals surface area contributed by atoms with Crippen LogP contribution in [0.25, 0.3) is 11.1 Å². The first-order chi connectivity index (χ1) is 18.0. The second kappa shape index (κ2) is 10.9. The van der Waals surface area contributed by atoms with Crippen molar-refractivity contribution in [3.63, 3.8) is 0 Å². The molecule has 1 aromatic heterocycles. The van der Waals surface area contributed by atoms with Crippen molar-refractivity contribution >= 4 is 23.6 Å². The summed E-state index contributed by atoms with van der Waals surface area (Å²) in [7, 11) is 0. The summed E-state index contributed by atoms with van der Waals surface area (Å²) in [5, 5.41) is 14.6. The zero-order chi connectivity index (χ0) is 27.4. The molecule has 4 rings (SSSR count). The van der Waals surface area contributed by atoms with Gasteiger partial charge in [-0.3, -0.25) is 4.79 Å². The van der Waals surface area contributed by atoms with Crippen LogP contribution in [0.5, 0.6) is 0 Å². The van der Waals surface area contributed by atoms with Crippen LogP contribution in [0, 0.1) is 6.92 Å². The normalized spacial score (nSPS) is 15.3. The van der Waals surface area contributed by atoms with E-state index < -0.39 is 29.8 Å². The predicted molar refractivity (Wildman–Crippen MR) is 133 cm³/mol. The molecule has 0 unspecified atom stereocenters. The average molecular weight is 527 g/mol. The summed E-state index contributed by atoms with van der Waals surface area (Å²) in [5.41, 5.74) is 2.36. The Morgan fingerprint density at radius 3 is 2.32 bits per heavy atom. The van der Waals surface area contributed by atoms with E-state index >= 15 is 0 Å². The summed E-state index contributed by atoms with van der Waals surface area (Å²) >= 11 is 0. The fraction of sp³-hybridized carbons (Fsp3) is 0.259. The Balaban J connectivity index is 1.35. The summed E-state index contributed by atoms with van der Waals surface area (Å²) in [6, 6.07) is 13.5. The number of rotatable bonds is 6. The van der Waals surface area contributed by atoms with Crippen molar-refractivity contribution in [3.8, 4) is 11.1 Å². The number of nitrogens with zero attached hydrogens (tertiary/aromatic N) is 2. The molecule has 1 aliphatic rings. The number of benzene rings is 2. The number of nitrogens with one attached hydrogen (secondary N) is 2. The molecule has 8 nitrogen and oxygen atoms in total. The number of amides is 3. The number of anilines is 1. The number of hydrogen-bond acceptors (Lipinski definition) is 4. The molecule has 38 heavy (non-hydrogen) atoms. The molecule has 198 valence electrons. The van der Waals surface area contributed by atoms with Gasteiger partial charge in [0.25, 0.3) is 0 Å². The monoisotopic (exact) mass is 526 g/mol. The number of carbonyl (C=O) groups is 3. The van der Waals surface area contributed by atoms with Crippen molar-refractivity contribution in [2.45, 2.75) is 38.5 Å². The maximum absolute atomic E-state index is 12.9. The highest BCUT2D eigenvalue weighted by Gasteiger charge is 2.34. The van der Waals surface area contributed by atoms with E-state index in [1.54, 1.807) is 37.3 Å². The molecule has 3 amide bonds. The minimum Gasteiger partial charge on any atom is -0.477 e. The third-order valence-corrected chi connectivity index (χ3v) is 6.31. The van der Waals surface area contributed by atoms with Crippen molar-refractivity contribution in [2.24, 2.45) is 0 Å². The van der Waals surface area contributed by atoms with Crippen LogP contribution >= 0.6 is 0 Å². The van der Waals surface area contributed by atoms with E-state index in [1.807, 2.05) is 0 Å². The van der Waals surface area contributed by atoms with Crippen LogP contribution in [0.15, 0.2) is 60.7 Å². The largest absolute Gasteiger partial charge is 0.477 e. The Hall–Kier alpha value is -4.41. The van der Waals surface area contributed by atoms with Crippen LogP contribution in [0.4, 0.5) is 23.7 Å². The highest BCUT2D eigenvalue weighted by molar-refractivity contribution is 5.97. The Kier molecular flexibility index (Phi) is 7.65. The van der Waals surface area contributed by atoms with Crippen LogP contribution in [0.3, 0.4) is 0 Å². The van der Waals surface area contributed by atoms with Gasteiger partial charge >= 0.3 is 18.2 Å². The van der Waals surface area contributed by atoms with Crippen LogP contribution in [0.1, 0.15) is 40.2 Å². The number of aryl methyl sites for hydroxylation is 1. The number of halogens is 3. The smallest absolute Gasteiger partial charge is 0.416 e. The lowest BCUT2D eigenvalue weighted by Gasteiger charge is -2.24. The van der Waals surface area contributed by atoms with Crippen molar-refractivity contribution in [3.05, 3.63) is 83.2 Å². The molecule has 1 aliphatic heterocycles. The van der Waals surface area contributed by atoms with Gasteiger partial charge in [-0.05, 0) is 61.2 Å². The van der Waals surface area contributed by atoms with Gasteiger partial charge in [0, 0.05) is 30.0 Å². The number of alkyl halides is 3. The highest BCUT2D eigenvalue weighted by Crippen LogP contribution is 2.29. The maximum atomic E-state index is 12.9. The van der Waals surface area contributed by atoms with Gasteiger partial charge in [-0.25, -0.2) is 14.6 Å². The number of carboxylic acids is 1. The molecule has 0 bridgehead atoms. The van der Waals surface area contributed by atoms with Crippen LogP contribution < -0.4 is 10.6 Å². The quantitative estimate of drug-likeness (QED) is 0.415. The molecule has 2 aromatic carbocycles. The molecule has 2 heterocycles. The summed E-state index contributed by atoms with van der Waals surface area (Å²) < 4.78 is 38.2.